The minimum Gasteiger partial charge on any atom is -0.479 e. The highest BCUT2D eigenvalue weighted by Gasteiger charge is 2.23. The first-order valence-electron chi connectivity index (χ1n) is 10.9. The van der Waals surface area contributed by atoms with E-state index in [1.165, 1.54) is 6.20 Å². The number of hydrogen-bond donors (Lipinski definition) is 1. The Balaban J connectivity index is 1.48. The van der Waals surface area contributed by atoms with Crippen molar-refractivity contribution >= 4 is 39.3 Å². The fraction of sp³-hybridized carbons (Fsp3) is 0.107. The summed E-state index contributed by atoms with van der Waals surface area (Å²) in [5, 5.41) is 10.5. The number of carboxylic acid groups (broad SMARTS) is 1. The van der Waals surface area contributed by atoms with Crippen LogP contribution in [-0.4, -0.2) is 27.9 Å². The number of halogens is 2. The molecule has 0 aliphatic carbocycles. The van der Waals surface area contributed by atoms with Gasteiger partial charge in [0, 0.05) is 15.7 Å². The lowest BCUT2D eigenvalue weighted by Gasteiger charge is -2.18. The van der Waals surface area contributed by atoms with Crippen molar-refractivity contribution in [2.45, 2.75) is 18.9 Å². The Hall–Kier alpha value is -3.48. The van der Waals surface area contributed by atoms with E-state index < -0.39 is 12.1 Å². The molecule has 0 fully saturated rings. The van der Waals surface area contributed by atoms with Crippen molar-refractivity contribution < 1.29 is 19.4 Å². The summed E-state index contributed by atoms with van der Waals surface area (Å²) in [6, 6.07) is 25.5. The molecule has 1 unspecified atom stereocenters. The van der Waals surface area contributed by atoms with Crippen molar-refractivity contribution in [1.82, 2.24) is 4.98 Å². The summed E-state index contributed by atoms with van der Waals surface area (Å²) in [4.78, 5) is 29.1. The monoisotopic (exact) mass is 549 g/mol. The molecule has 0 saturated carbocycles. The molecule has 7 heteroatoms. The van der Waals surface area contributed by atoms with Gasteiger partial charge in [-0.25, -0.2) is 4.79 Å². The maximum absolute atomic E-state index is 13.0. The molecular weight excluding hydrogens is 530 g/mol. The Morgan fingerprint density at radius 1 is 0.943 bits per heavy atom. The third kappa shape index (κ3) is 6.35. The van der Waals surface area contributed by atoms with E-state index in [0.717, 1.165) is 16.7 Å². The summed E-state index contributed by atoms with van der Waals surface area (Å²) in [7, 11) is 0. The van der Waals surface area contributed by atoms with E-state index in [9.17, 15) is 14.7 Å². The SMILES string of the molecule is O=C(c1ccccn1)c1cc(Br)ccc1OC(CCc1ccc(-c2ccc(Cl)cc2)cc1)C(=O)O. The summed E-state index contributed by atoms with van der Waals surface area (Å²) < 4.78 is 6.53. The van der Waals surface area contributed by atoms with Gasteiger partial charge in [-0.2, -0.15) is 0 Å². The molecule has 0 amide bonds. The molecule has 0 radical (unpaired) electrons. The molecule has 4 aromatic rings. The predicted octanol–water partition coefficient (Wildman–Crippen LogP) is 6.86. The maximum Gasteiger partial charge on any atom is 0.344 e. The van der Waals surface area contributed by atoms with E-state index in [4.69, 9.17) is 16.3 Å². The zero-order valence-electron chi connectivity index (χ0n) is 18.5. The Bertz CT molecular complexity index is 1330. The van der Waals surface area contributed by atoms with Crippen molar-refractivity contribution in [3.05, 3.63) is 117 Å². The summed E-state index contributed by atoms with van der Waals surface area (Å²) in [5.74, 6) is -1.24. The lowest BCUT2D eigenvalue weighted by molar-refractivity contribution is -0.145. The second-order valence-electron chi connectivity index (χ2n) is 7.87. The van der Waals surface area contributed by atoms with Gasteiger partial charge in [-0.3, -0.25) is 9.78 Å². The first-order chi connectivity index (χ1) is 16.9. The maximum atomic E-state index is 13.0. The average Bonchev–Trinajstić information content (AvgIpc) is 2.88. The van der Waals surface area contributed by atoms with Crippen LogP contribution < -0.4 is 4.74 Å². The van der Waals surface area contributed by atoms with E-state index in [1.807, 2.05) is 48.5 Å². The Morgan fingerprint density at radius 3 is 2.26 bits per heavy atom. The number of pyridine rings is 1. The lowest BCUT2D eigenvalue weighted by atomic mass is 10.0. The molecule has 4 rings (SSSR count). The van der Waals surface area contributed by atoms with E-state index in [1.54, 1.807) is 36.4 Å². The highest BCUT2D eigenvalue weighted by molar-refractivity contribution is 9.10. The van der Waals surface area contributed by atoms with Crippen LogP contribution in [0.1, 0.15) is 28.0 Å². The fourth-order valence-electron chi connectivity index (χ4n) is 3.61. The lowest BCUT2D eigenvalue weighted by Crippen LogP contribution is -2.28. The van der Waals surface area contributed by atoms with Crippen LogP contribution in [0.25, 0.3) is 11.1 Å². The molecule has 1 aromatic heterocycles. The van der Waals surface area contributed by atoms with Crippen LogP contribution >= 0.6 is 27.5 Å². The molecule has 0 saturated heterocycles. The van der Waals surface area contributed by atoms with Crippen LogP contribution in [0.2, 0.25) is 5.02 Å². The largest absolute Gasteiger partial charge is 0.479 e. The third-order valence-corrected chi connectivity index (χ3v) is 6.20. The van der Waals surface area contributed by atoms with Gasteiger partial charge < -0.3 is 9.84 Å². The molecule has 3 aromatic carbocycles. The number of aromatic nitrogens is 1. The number of nitrogens with zero attached hydrogens (tertiary/aromatic N) is 1. The second kappa shape index (κ2) is 11.3. The predicted molar refractivity (Wildman–Crippen MR) is 139 cm³/mol. The molecule has 176 valence electrons. The molecule has 0 bridgehead atoms. The fourth-order valence-corrected chi connectivity index (χ4v) is 4.09. The number of carboxylic acids is 1. The average molecular weight is 551 g/mol. The van der Waals surface area contributed by atoms with Gasteiger partial charge >= 0.3 is 5.97 Å². The van der Waals surface area contributed by atoms with Gasteiger partial charge in [-0.1, -0.05) is 70.0 Å². The van der Waals surface area contributed by atoms with Crippen molar-refractivity contribution in [2.24, 2.45) is 0 Å². The number of ether oxygens (including phenoxy) is 1. The highest BCUT2D eigenvalue weighted by atomic mass is 79.9. The van der Waals surface area contributed by atoms with Crippen LogP contribution in [0.15, 0.2) is 95.6 Å². The number of ketones is 1. The van der Waals surface area contributed by atoms with Crippen molar-refractivity contribution in [3.63, 3.8) is 0 Å². The normalized spacial score (nSPS) is 11.6. The van der Waals surface area contributed by atoms with Crippen molar-refractivity contribution in [1.29, 1.82) is 0 Å². The smallest absolute Gasteiger partial charge is 0.344 e. The molecule has 35 heavy (non-hydrogen) atoms. The molecule has 1 N–H and O–H groups in total. The van der Waals surface area contributed by atoms with Crippen LogP contribution in [0.4, 0.5) is 0 Å². The molecule has 5 nitrogen and oxygen atoms in total. The number of carbonyl (C=O) groups excluding carboxylic acids is 1. The molecule has 0 spiro atoms. The molecular formula is C28H21BrClNO4. The first kappa shape index (κ1) is 24.6. The number of hydrogen-bond acceptors (Lipinski definition) is 4. The topological polar surface area (TPSA) is 76.5 Å². The number of benzene rings is 3. The minimum absolute atomic E-state index is 0.203. The van der Waals surface area contributed by atoms with Crippen molar-refractivity contribution in [2.75, 3.05) is 0 Å². The van der Waals surface area contributed by atoms with Gasteiger partial charge in [0.2, 0.25) is 5.78 Å². The minimum atomic E-state index is -1.12. The third-order valence-electron chi connectivity index (χ3n) is 5.46. The van der Waals surface area contributed by atoms with Crippen LogP contribution in [0, 0.1) is 0 Å². The Morgan fingerprint density at radius 2 is 1.63 bits per heavy atom. The Labute approximate surface area is 216 Å². The molecule has 0 aliphatic rings. The number of aryl methyl sites for hydroxylation is 1. The standard InChI is InChI=1S/C28H21BrClNO4/c29-21-11-15-25(23(17-21)27(32)24-3-1-2-16-31-24)35-26(28(33)34)14-6-18-4-7-19(8-5-18)20-9-12-22(30)13-10-20/h1-5,7-13,15-17,26H,6,14H2,(H,33,34). The van der Waals surface area contributed by atoms with E-state index in [2.05, 4.69) is 20.9 Å². The van der Waals surface area contributed by atoms with Crippen LogP contribution in [0.3, 0.4) is 0 Å². The quantitative estimate of drug-likeness (QED) is 0.230. The van der Waals surface area contributed by atoms with Gasteiger partial charge in [0.1, 0.15) is 11.4 Å². The molecule has 1 atom stereocenters. The van der Waals surface area contributed by atoms with E-state index >= 15 is 0 Å². The van der Waals surface area contributed by atoms with Gasteiger partial charge in [0.15, 0.2) is 6.10 Å². The molecule has 0 aliphatic heterocycles. The van der Waals surface area contributed by atoms with Crippen LogP contribution in [-0.2, 0) is 11.2 Å². The van der Waals surface area contributed by atoms with Gasteiger partial charge in [0.25, 0.3) is 0 Å². The van der Waals surface area contributed by atoms with E-state index in [-0.39, 0.29) is 29.2 Å². The first-order valence-corrected chi connectivity index (χ1v) is 12.1. The zero-order valence-corrected chi connectivity index (χ0v) is 20.9. The van der Waals surface area contributed by atoms with Crippen molar-refractivity contribution in [3.8, 4) is 16.9 Å². The van der Waals surface area contributed by atoms with Gasteiger partial charge in [-0.15, -0.1) is 0 Å². The Kier molecular flexibility index (Phi) is 7.95. The number of rotatable bonds is 9. The van der Waals surface area contributed by atoms with Gasteiger partial charge in [0.05, 0.1) is 5.56 Å². The van der Waals surface area contributed by atoms with Gasteiger partial charge in [-0.05, 0) is 72.0 Å². The summed E-state index contributed by atoms with van der Waals surface area (Å²) >= 11 is 9.33. The molecule has 1 heterocycles. The van der Waals surface area contributed by atoms with E-state index in [0.29, 0.717) is 15.9 Å². The summed E-state index contributed by atoms with van der Waals surface area (Å²) in [5.41, 5.74) is 3.58. The number of carbonyl (C=O) groups is 2. The summed E-state index contributed by atoms with van der Waals surface area (Å²) in [6.07, 6.45) is 1.15. The zero-order chi connectivity index (χ0) is 24.8. The second-order valence-corrected chi connectivity index (χ2v) is 9.22. The summed E-state index contributed by atoms with van der Waals surface area (Å²) in [6.45, 7) is 0. The van der Waals surface area contributed by atoms with Crippen LogP contribution in [0.5, 0.6) is 5.75 Å². The number of aliphatic carboxylic acids is 1. The highest BCUT2D eigenvalue weighted by Crippen LogP contribution is 2.28.